The SMILES string of the molecule is O=[N+]([O-])c1cc(I)c(F)cc1Sc1ccccc1O. The van der Waals surface area contributed by atoms with Crippen molar-refractivity contribution in [3.05, 3.63) is 55.9 Å². The van der Waals surface area contributed by atoms with E-state index in [4.69, 9.17) is 0 Å². The number of benzene rings is 2. The summed E-state index contributed by atoms with van der Waals surface area (Å²) in [6.07, 6.45) is 0. The lowest BCUT2D eigenvalue weighted by Crippen LogP contribution is -1.94. The van der Waals surface area contributed by atoms with Gasteiger partial charge in [0, 0.05) is 6.07 Å². The molecule has 0 saturated carbocycles. The van der Waals surface area contributed by atoms with Gasteiger partial charge in [0.15, 0.2) is 0 Å². The second-order valence-electron chi connectivity index (χ2n) is 3.56. The molecule has 0 aliphatic heterocycles. The molecule has 0 spiro atoms. The van der Waals surface area contributed by atoms with E-state index in [1.165, 1.54) is 12.1 Å². The van der Waals surface area contributed by atoms with Gasteiger partial charge in [-0.15, -0.1) is 0 Å². The molecule has 0 aliphatic rings. The molecule has 0 aliphatic carbocycles. The fourth-order valence-corrected chi connectivity index (χ4v) is 2.81. The van der Waals surface area contributed by atoms with Crippen molar-refractivity contribution < 1.29 is 14.4 Å². The summed E-state index contributed by atoms with van der Waals surface area (Å²) in [6.45, 7) is 0. The summed E-state index contributed by atoms with van der Waals surface area (Å²) in [5.74, 6) is -0.523. The summed E-state index contributed by atoms with van der Waals surface area (Å²) in [7, 11) is 0. The van der Waals surface area contributed by atoms with Crippen LogP contribution in [0.3, 0.4) is 0 Å². The Hall–Kier alpha value is -1.35. The van der Waals surface area contributed by atoms with Gasteiger partial charge in [0.05, 0.1) is 18.3 Å². The van der Waals surface area contributed by atoms with Crippen LogP contribution in [0.25, 0.3) is 0 Å². The number of phenols is 1. The van der Waals surface area contributed by atoms with Gasteiger partial charge < -0.3 is 5.11 Å². The van der Waals surface area contributed by atoms with Crippen molar-refractivity contribution in [3.8, 4) is 5.75 Å². The largest absolute Gasteiger partial charge is 0.507 e. The zero-order chi connectivity index (χ0) is 14.0. The van der Waals surface area contributed by atoms with E-state index in [9.17, 15) is 19.6 Å². The van der Waals surface area contributed by atoms with Crippen LogP contribution < -0.4 is 0 Å². The first-order chi connectivity index (χ1) is 8.99. The lowest BCUT2D eigenvalue weighted by molar-refractivity contribution is -0.387. The van der Waals surface area contributed by atoms with Crippen molar-refractivity contribution in [1.82, 2.24) is 0 Å². The normalized spacial score (nSPS) is 10.4. The monoisotopic (exact) mass is 391 g/mol. The van der Waals surface area contributed by atoms with Crippen LogP contribution in [0.4, 0.5) is 10.1 Å². The number of nitrogens with zero attached hydrogens (tertiary/aromatic N) is 1. The Bertz CT molecular complexity index is 651. The van der Waals surface area contributed by atoms with Gasteiger partial charge in [0.2, 0.25) is 0 Å². The molecule has 98 valence electrons. The summed E-state index contributed by atoms with van der Waals surface area (Å²) in [6, 6.07) is 8.70. The summed E-state index contributed by atoms with van der Waals surface area (Å²) < 4.78 is 13.7. The Balaban J connectivity index is 2.48. The maximum atomic E-state index is 13.5. The number of rotatable bonds is 3. The zero-order valence-corrected chi connectivity index (χ0v) is 12.3. The summed E-state index contributed by atoms with van der Waals surface area (Å²) in [4.78, 5) is 11.0. The van der Waals surface area contributed by atoms with E-state index in [-0.39, 0.29) is 19.9 Å². The second kappa shape index (κ2) is 5.74. The third-order valence-electron chi connectivity index (χ3n) is 2.28. The van der Waals surface area contributed by atoms with Gasteiger partial charge in [-0.05, 0) is 40.8 Å². The minimum atomic E-state index is -0.566. The Kier molecular flexibility index (Phi) is 4.25. The van der Waals surface area contributed by atoms with Crippen LogP contribution in [0.15, 0.2) is 46.2 Å². The molecule has 0 atom stereocenters. The molecule has 4 nitrogen and oxygen atoms in total. The topological polar surface area (TPSA) is 63.4 Å². The van der Waals surface area contributed by atoms with Gasteiger partial charge in [-0.1, -0.05) is 23.9 Å². The highest BCUT2D eigenvalue weighted by atomic mass is 127. The Morgan fingerprint density at radius 3 is 2.58 bits per heavy atom. The van der Waals surface area contributed by atoms with Crippen molar-refractivity contribution in [1.29, 1.82) is 0 Å². The smallest absolute Gasteiger partial charge is 0.284 e. The molecule has 0 saturated heterocycles. The quantitative estimate of drug-likeness (QED) is 0.484. The van der Waals surface area contributed by atoms with Crippen LogP contribution in [0.2, 0.25) is 0 Å². The van der Waals surface area contributed by atoms with Crippen molar-refractivity contribution in [2.75, 3.05) is 0 Å². The average Bonchev–Trinajstić information content (AvgIpc) is 2.36. The van der Waals surface area contributed by atoms with Crippen LogP contribution in [0.1, 0.15) is 0 Å². The number of nitro groups is 1. The Labute approximate surface area is 125 Å². The standard InChI is InChI=1S/C12H7FINO3S/c13-7-5-12(9(15(17)18)6-8(7)14)19-11-4-2-1-3-10(11)16/h1-6,16H. The van der Waals surface area contributed by atoms with Crippen molar-refractivity contribution >= 4 is 40.0 Å². The van der Waals surface area contributed by atoms with Gasteiger partial charge >= 0.3 is 0 Å². The highest BCUT2D eigenvalue weighted by Gasteiger charge is 2.19. The lowest BCUT2D eigenvalue weighted by Gasteiger charge is -2.06. The molecule has 7 heteroatoms. The predicted octanol–water partition coefficient (Wildman–Crippen LogP) is 4.20. The number of hydrogen-bond donors (Lipinski definition) is 1. The highest BCUT2D eigenvalue weighted by molar-refractivity contribution is 14.1. The van der Waals surface area contributed by atoms with E-state index in [2.05, 4.69) is 0 Å². The molecule has 19 heavy (non-hydrogen) atoms. The molecule has 0 unspecified atom stereocenters. The number of aromatic hydroxyl groups is 1. The first kappa shape index (κ1) is 14.1. The van der Waals surface area contributed by atoms with E-state index in [0.717, 1.165) is 17.8 Å². The number of para-hydroxylation sites is 1. The van der Waals surface area contributed by atoms with Gasteiger partial charge in [-0.25, -0.2) is 4.39 Å². The molecule has 2 aromatic carbocycles. The van der Waals surface area contributed by atoms with Crippen molar-refractivity contribution in [3.63, 3.8) is 0 Å². The van der Waals surface area contributed by atoms with Gasteiger partial charge in [-0.2, -0.15) is 0 Å². The van der Waals surface area contributed by atoms with E-state index in [1.54, 1.807) is 40.8 Å². The molecular formula is C12H7FINO3S. The molecule has 0 fully saturated rings. The molecule has 0 radical (unpaired) electrons. The van der Waals surface area contributed by atoms with Gasteiger partial charge in [-0.3, -0.25) is 10.1 Å². The number of phenolic OH excluding ortho intramolecular Hbond substituents is 1. The molecule has 0 aromatic heterocycles. The molecule has 0 bridgehead atoms. The second-order valence-corrected chi connectivity index (χ2v) is 5.81. The molecule has 1 N–H and O–H groups in total. The van der Waals surface area contributed by atoms with Crippen LogP contribution in [0.5, 0.6) is 5.75 Å². The summed E-state index contributed by atoms with van der Waals surface area (Å²) in [5, 5.41) is 20.6. The first-order valence-electron chi connectivity index (χ1n) is 5.08. The van der Waals surface area contributed by atoms with Crippen LogP contribution in [0, 0.1) is 19.5 Å². The third kappa shape index (κ3) is 3.16. The maximum absolute atomic E-state index is 13.5. The van der Waals surface area contributed by atoms with Crippen molar-refractivity contribution in [2.45, 2.75) is 9.79 Å². The third-order valence-corrected chi connectivity index (χ3v) is 4.22. The Morgan fingerprint density at radius 2 is 1.95 bits per heavy atom. The predicted molar refractivity (Wildman–Crippen MR) is 78.0 cm³/mol. The maximum Gasteiger partial charge on any atom is 0.284 e. The molecule has 0 heterocycles. The van der Waals surface area contributed by atoms with Crippen LogP contribution in [-0.4, -0.2) is 10.0 Å². The van der Waals surface area contributed by atoms with Gasteiger partial charge in [0.25, 0.3) is 5.69 Å². The highest BCUT2D eigenvalue weighted by Crippen LogP contribution is 2.39. The number of nitro benzene ring substituents is 1. The molecule has 2 rings (SSSR count). The average molecular weight is 391 g/mol. The molecular weight excluding hydrogens is 384 g/mol. The Morgan fingerprint density at radius 1 is 1.26 bits per heavy atom. The minimum Gasteiger partial charge on any atom is -0.507 e. The van der Waals surface area contributed by atoms with E-state index >= 15 is 0 Å². The zero-order valence-electron chi connectivity index (χ0n) is 9.34. The van der Waals surface area contributed by atoms with E-state index < -0.39 is 10.7 Å². The number of halogens is 2. The lowest BCUT2D eigenvalue weighted by atomic mass is 10.3. The molecule has 0 amide bonds. The van der Waals surface area contributed by atoms with E-state index in [1.807, 2.05) is 0 Å². The summed E-state index contributed by atoms with van der Waals surface area (Å²) in [5.41, 5.74) is -0.181. The molecule has 2 aromatic rings. The van der Waals surface area contributed by atoms with Crippen LogP contribution >= 0.6 is 34.4 Å². The van der Waals surface area contributed by atoms with Crippen LogP contribution in [-0.2, 0) is 0 Å². The van der Waals surface area contributed by atoms with Gasteiger partial charge in [0.1, 0.15) is 11.6 Å². The number of hydrogen-bond acceptors (Lipinski definition) is 4. The first-order valence-corrected chi connectivity index (χ1v) is 6.98. The fraction of sp³-hybridized carbons (Fsp3) is 0. The fourth-order valence-electron chi connectivity index (χ4n) is 1.40. The van der Waals surface area contributed by atoms with E-state index in [0.29, 0.717) is 4.90 Å². The summed E-state index contributed by atoms with van der Waals surface area (Å²) >= 11 is 2.66. The van der Waals surface area contributed by atoms with Crippen molar-refractivity contribution in [2.24, 2.45) is 0 Å². The minimum absolute atomic E-state index is 0.000700.